The number of aryl methyl sites for hydroxylation is 1. The molecule has 0 radical (unpaired) electrons. The van der Waals surface area contributed by atoms with Crippen molar-refractivity contribution in [1.29, 1.82) is 0 Å². The first-order valence-corrected chi connectivity index (χ1v) is 2.78. The van der Waals surface area contributed by atoms with E-state index in [9.17, 15) is 0 Å². The second-order valence-corrected chi connectivity index (χ2v) is 2.11. The molecule has 0 amide bonds. The molecule has 38 valence electrons. The predicted octanol–water partition coefficient (Wildman–Crippen LogP) is 1.16. The van der Waals surface area contributed by atoms with Crippen molar-refractivity contribution in [2.45, 2.75) is 6.92 Å². The molecule has 0 spiro atoms. The predicted molar refractivity (Wildman–Crippen MR) is 28.5 cm³/mol. The summed E-state index contributed by atoms with van der Waals surface area (Å²) in [5, 5.41) is 10.5. The minimum Gasteiger partial charge on any atom is -0.486 e. The van der Waals surface area contributed by atoms with Crippen molar-refractivity contribution in [1.82, 2.24) is 4.98 Å². The molecule has 1 N–H and O–H groups in total. The van der Waals surface area contributed by atoms with E-state index in [4.69, 9.17) is 5.11 Å². The van der Waals surface area contributed by atoms with Gasteiger partial charge in [-0.2, -0.15) is 0 Å². The molecular formula is C4H5NOS. The minimum absolute atomic E-state index is 0.150. The number of nitrogens with zero attached hydrogens (tertiary/aromatic N) is 1. The lowest BCUT2D eigenvalue weighted by atomic mass is 10.6. The molecule has 7 heavy (non-hydrogen) atoms. The number of hydrogen-bond acceptors (Lipinski definition) is 3. The Labute approximate surface area is 45.5 Å². The Morgan fingerprint density at radius 3 is 2.71 bits per heavy atom. The minimum atomic E-state index is 0.150. The van der Waals surface area contributed by atoms with Crippen LogP contribution in [0.4, 0.5) is 0 Å². The van der Waals surface area contributed by atoms with E-state index < -0.39 is 0 Å². The third-order valence-electron chi connectivity index (χ3n) is 0.607. The molecule has 0 aliphatic heterocycles. The molecule has 0 atom stereocenters. The summed E-state index contributed by atoms with van der Waals surface area (Å²) in [5.41, 5.74) is 0.877. The Bertz CT molecular complexity index is 144. The first-order chi connectivity index (χ1) is 3.29. The van der Waals surface area contributed by atoms with Crippen LogP contribution >= 0.6 is 11.3 Å². The van der Waals surface area contributed by atoms with Gasteiger partial charge < -0.3 is 5.11 Å². The van der Waals surface area contributed by atoms with Crippen LogP contribution in [-0.4, -0.2) is 10.1 Å². The van der Waals surface area contributed by atoms with Gasteiger partial charge in [-0.3, -0.25) is 0 Å². The number of aromatic hydroxyl groups is 1. The molecule has 0 aliphatic carbocycles. The maximum absolute atomic E-state index is 8.56. The van der Waals surface area contributed by atoms with Gasteiger partial charge in [0.2, 0.25) is 0 Å². The summed E-state index contributed by atoms with van der Waals surface area (Å²) >= 11 is 1.25. The summed E-state index contributed by atoms with van der Waals surface area (Å²) in [6, 6.07) is 0. The molecule has 1 aromatic heterocycles. The lowest BCUT2D eigenvalue weighted by molar-refractivity contribution is 0.470. The van der Waals surface area contributed by atoms with Gasteiger partial charge in [0, 0.05) is 5.38 Å². The van der Waals surface area contributed by atoms with Crippen LogP contribution < -0.4 is 0 Å². The van der Waals surface area contributed by atoms with E-state index in [2.05, 4.69) is 4.98 Å². The van der Waals surface area contributed by atoms with Crippen LogP contribution in [0.2, 0.25) is 0 Å². The van der Waals surface area contributed by atoms with Crippen LogP contribution in [0.5, 0.6) is 5.19 Å². The summed E-state index contributed by atoms with van der Waals surface area (Å²) in [5.74, 6) is 0. The highest BCUT2D eigenvalue weighted by Gasteiger charge is 1.89. The molecule has 3 heteroatoms. The Morgan fingerprint density at radius 1 is 1.86 bits per heavy atom. The SMILES string of the molecule is Cc1csc(O)n1. The Balaban J connectivity index is 3.04. The van der Waals surface area contributed by atoms with Crippen molar-refractivity contribution >= 4 is 11.3 Å². The van der Waals surface area contributed by atoms with Crippen LogP contribution in [0.1, 0.15) is 5.69 Å². The second kappa shape index (κ2) is 1.50. The normalized spacial score (nSPS) is 9.29. The number of hydrogen-bond donors (Lipinski definition) is 1. The topological polar surface area (TPSA) is 33.1 Å². The quantitative estimate of drug-likeness (QED) is 0.550. The highest BCUT2D eigenvalue weighted by molar-refractivity contribution is 7.11. The van der Waals surface area contributed by atoms with Crippen molar-refractivity contribution in [3.63, 3.8) is 0 Å². The van der Waals surface area contributed by atoms with Crippen LogP contribution in [0.25, 0.3) is 0 Å². The van der Waals surface area contributed by atoms with Crippen LogP contribution in [0.15, 0.2) is 5.38 Å². The summed E-state index contributed by atoms with van der Waals surface area (Å²) in [6.07, 6.45) is 0. The van der Waals surface area contributed by atoms with Crippen LogP contribution in [0, 0.1) is 6.92 Å². The van der Waals surface area contributed by atoms with Gasteiger partial charge >= 0.3 is 0 Å². The third-order valence-corrected chi connectivity index (χ3v) is 1.37. The molecule has 0 saturated heterocycles. The molecule has 0 aliphatic rings. The van der Waals surface area contributed by atoms with Gasteiger partial charge in [-0.05, 0) is 6.92 Å². The summed E-state index contributed by atoms with van der Waals surface area (Å²) in [4.78, 5) is 3.69. The van der Waals surface area contributed by atoms with Gasteiger partial charge in [-0.15, -0.1) is 0 Å². The first-order valence-electron chi connectivity index (χ1n) is 1.90. The standard InChI is InChI=1S/C4H5NOS/c1-3-2-7-4(6)5-3/h2H,1H3,(H,5,6). The Morgan fingerprint density at radius 2 is 2.57 bits per heavy atom. The number of thiazole rings is 1. The zero-order valence-electron chi connectivity index (χ0n) is 3.88. The van der Waals surface area contributed by atoms with Crippen LogP contribution in [0.3, 0.4) is 0 Å². The maximum atomic E-state index is 8.56. The highest BCUT2D eigenvalue weighted by Crippen LogP contribution is 2.13. The summed E-state index contributed by atoms with van der Waals surface area (Å²) in [7, 11) is 0. The maximum Gasteiger partial charge on any atom is 0.270 e. The van der Waals surface area contributed by atoms with E-state index in [1.165, 1.54) is 11.3 Å². The van der Waals surface area contributed by atoms with E-state index >= 15 is 0 Å². The van der Waals surface area contributed by atoms with Gasteiger partial charge in [0.1, 0.15) is 0 Å². The fourth-order valence-corrected chi connectivity index (χ4v) is 0.867. The van der Waals surface area contributed by atoms with Crippen molar-refractivity contribution in [3.8, 4) is 5.19 Å². The van der Waals surface area contributed by atoms with E-state index in [1.54, 1.807) is 5.38 Å². The van der Waals surface area contributed by atoms with Crippen molar-refractivity contribution in [2.75, 3.05) is 0 Å². The monoisotopic (exact) mass is 115 g/mol. The van der Waals surface area contributed by atoms with Gasteiger partial charge in [0.05, 0.1) is 5.69 Å². The Kier molecular flexibility index (Phi) is 0.982. The highest BCUT2D eigenvalue weighted by atomic mass is 32.1. The van der Waals surface area contributed by atoms with Gasteiger partial charge in [-0.25, -0.2) is 4.98 Å². The molecule has 0 fully saturated rings. The second-order valence-electron chi connectivity index (χ2n) is 1.27. The molecule has 1 heterocycles. The van der Waals surface area contributed by atoms with Crippen molar-refractivity contribution < 1.29 is 5.11 Å². The fraction of sp³-hybridized carbons (Fsp3) is 0.250. The third kappa shape index (κ3) is 0.899. The molecular weight excluding hydrogens is 110 g/mol. The van der Waals surface area contributed by atoms with E-state index in [-0.39, 0.29) is 5.19 Å². The number of rotatable bonds is 0. The molecule has 0 aromatic carbocycles. The average Bonchev–Trinajstić information content (AvgIpc) is 1.87. The summed E-state index contributed by atoms with van der Waals surface area (Å²) in [6.45, 7) is 1.84. The van der Waals surface area contributed by atoms with Gasteiger partial charge in [0.25, 0.3) is 5.19 Å². The zero-order chi connectivity index (χ0) is 5.28. The van der Waals surface area contributed by atoms with Crippen LogP contribution in [-0.2, 0) is 0 Å². The van der Waals surface area contributed by atoms with E-state index in [1.807, 2.05) is 6.92 Å². The largest absolute Gasteiger partial charge is 0.486 e. The van der Waals surface area contributed by atoms with Crippen molar-refractivity contribution in [3.05, 3.63) is 11.1 Å². The van der Waals surface area contributed by atoms with Crippen molar-refractivity contribution in [2.24, 2.45) is 0 Å². The van der Waals surface area contributed by atoms with Gasteiger partial charge in [-0.1, -0.05) is 11.3 Å². The molecule has 0 saturated carbocycles. The lowest BCUT2D eigenvalue weighted by Gasteiger charge is -1.70. The zero-order valence-corrected chi connectivity index (χ0v) is 4.70. The molecule has 0 unspecified atom stereocenters. The summed E-state index contributed by atoms with van der Waals surface area (Å²) < 4.78 is 0. The average molecular weight is 115 g/mol. The van der Waals surface area contributed by atoms with E-state index in [0.29, 0.717) is 0 Å². The fourth-order valence-electron chi connectivity index (χ4n) is 0.342. The molecule has 1 aromatic rings. The first kappa shape index (κ1) is 4.59. The lowest BCUT2D eigenvalue weighted by Crippen LogP contribution is -1.63. The Hall–Kier alpha value is -0.570. The molecule has 2 nitrogen and oxygen atoms in total. The smallest absolute Gasteiger partial charge is 0.270 e. The van der Waals surface area contributed by atoms with Gasteiger partial charge in [0.15, 0.2) is 0 Å². The molecule has 1 rings (SSSR count). The molecule has 0 bridgehead atoms. The van der Waals surface area contributed by atoms with E-state index in [0.717, 1.165) is 5.69 Å². The number of aromatic nitrogens is 1.